The van der Waals surface area contributed by atoms with Crippen LogP contribution in [0.25, 0.3) is 0 Å². The standard InChI is InChI=1S/C21H24N2O5/c1-4-27-20(25)16-7-5-6-8-18(16)22-19(24)12-28-21(26)17-11-13(2)23(14(17)3)15-9-10-15/h5-8,11,15H,4,9-10,12H2,1-3H3,(H,22,24). The van der Waals surface area contributed by atoms with Gasteiger partial charge in [-0.3, -0.25) is 4.79 Å². The number of amides is 1. The van der Waals surface area contributed by atoms with Gasteiger partial charge < -0.3 is 19.4 Å². The van der Waals surface area contributed by atoms with Gasteiger partial charge in [0.05, 0.1) is 23.4 Å². The zero-order valence-corrected chi connectivity index (χ0v) is 16.3. The minimum atomic E-state index is -0.533. The molecule has 3 rings (SSSR count). The number of nitrogens with one attached hydrogen (secondary N) is 1. The number of aromatic nitrogens is 1. The molecule has 1 N–H and O–H groups in total. The van der Waals surface area contributed by atoms with Crippen LogP contribution < -0.4 is 5.32 Å². The average molecular weight is 384 g/mol. The Labute approximate surface area is 163 Å². The van der Waals surface area contributed by atoms with Crippen LogP contribution in [0.1, 0.15) is 57.9 Å². The molecular weight excluding hydrogens is 360 g/mol. The van der Waals surface area contributed by atoms with E-state index in [1.54, 1.807) is 37.3 Å². The maximum Gasteiger partial charge on any atom is 0.340 e. The van der Waals surface area contributed by atoms with Gasteiger partial charge in [0.1, 0.15) is 0 Å². The van der Waals surface area contributed by atoms with Crippen molar-refractivity contribution >= 4 is 23.5 Å². The number of anilines is 1. The van der Waals surface area contributed by atoms with Gasteiger partial charge in [0.2, 0.25) is 0 Å². The van der Waals surface area contributed by atoms with Crippen molar-refractivity contribution in [2.24, 2.45) is 0 Å². The van der Waals surface area contributed by atoms with Crippen molar-refractivity contribution < 1.29 is 23.9 Å². The maximum absolute atomic E-state index is 12.4. The number of para-hydroxylation sites is 1. The highest BCUT2D eigenvalue weighted by Crippen LogP contribution is 2.38. The lowest BCUT2D eigenvalue weighted by molar-refractivity contribution is -0.119. The number of ether oxygens (including phenoxy) is 2. The summed E-state index contributed by atoms with van der Waals surface area (Å²) in [5.41, 5.74) is 2.91. The molecule has 1 fully saturated rings. The minimum absolute atomic E-state index is 0.234. The van der Waals surface area contributed by atoms with E-state index in [0.717, 1.165) is 24.2 Å². The predicted molar refractivity (Wildman–Crippen MR) is 103 cm³/mol. The smallest absolute Gasteiger partial charge is 0.340 e. The Morgan fingerprint density at radius 2 is 1.75 bits per heavy atom. The fraction of sp³-hybridized carbons (Fsp3) is 0.381. The molecule has 148 valence electrons. The monoisotopic (exact) mass is 384 g/mol. The molecule has 2 aromatic rings. The summed E-state index contributed by atoms with van der Waals surface area (Å²) in [6.45, 7) is 5.35. The van der Waals surface area contributed by atoms with Gasteiger partial charge in [0.25, 0.3) is 5.91 Å². The van der Waals surface area contributed by atoms with E-state index < -0.39 is 24.5 Å². The summed E-state index contributed by atoms with van der Waals surface area (Å²) in [4.78, 5) is 36.6. The normalized spacial score (nSPS) is 13.1. The number of carbonyl (C=O) groups is 3. The van der Waals surface area contributed by atoms with Crippen LogP contribution in [0, 0.1) is 13.8 Å². The molecule has 0 radical (unpaired) electrons. The highest BCUT2D eigenvalue weighted by molar-refractivity contribution is 6.02. The van der Waals surface area contributed by atoms with E-state index in [1.807, 2.05) is 13.8 Å². The SMILES string of the molecule is CCOC(=O)c1ccccc1NC(=O)COC(=O)c1cc(C)n(C2CC2)c1C. The van der Waals surface area contributed by atoms with Crippen LogP contribution in [0.4, 0.5) is 5.69 Å². The van der Waals surface area contributed by atoms with E-state index >= 15 is 0 Å². The number of nitrogens with zero attached hydrogens (tertiary/aromatic N) is 1. The van der Waals surface area contributed by atoms with Gasteiger partial charge in [-0.25, -0.2) is 9.59 Å². The molecule has 0 aliphatic heterocycles. The summed E-state index contributed by atoms with van der Waals surface area (Å²) in [6, 6.07) is 8.78. The van der Waals surface area contributed by atoms with E-state index in [2.05, 4.69) is 9.88 Å². The summed E-state index contributed by atoms with van der Waals surface area (Å²) in [5.74, 6) is -1.59. The number of rotatable bonds is 7. The largest absolute Gasteiger partial charge is 0.462 e. The van der Waals surface area contributed by atoms with E-state index in [0.29, 0.717) is 17.3 Å². The molecule has 7 heteroatoms. The fourth-order valence-corrected chi connectivity index (χ4v) is 3.25. The first-order chi connectivity index (χ1) is 13.4. The minimum Gasteiger partial charge on any atom is -0.462 e. The molecule has 0 saturated heterocycles. The molecule has 1 aliphatic carbocycles. The molecule has 0 spiro atoms. The van der Waals surface area contributed by atoms with Gasteiger partial charge in [-0.1, -0.05) is 12.1 Å². The number of benzene rings is 1. The first-order valence-electron chi connectivity index (χ1n) is 9.34. The van der Waals surface area contributed by atoms with Crippen molar-refractivity contribution in [2.75, 3.05) is 18.5 Å². The third-order valence-corrected chi connectivity index (χ3v) is 4.65. The number of aryl methyl sites for hydroxylation is 1. The molecule has 0 unspecified atom stereocenters. The Balaban J connectivity index is 1.62. The van der Waals surface area contributed by atoms with Crippen LogP contribution in [0.3, 0.4) is 0 Å². The lowest BCUT2D eigenvalue weighted by atomic mass is 10.2. The lowest BCUT2D eigenvalue weighted by Crippen LogP contribution is -2.22. The van der Waals surface area contributed by atoms with Crippen molar-refractivity contribution in [1.29, 1.82) is 0 Å². The molecule has 1 aliphatic rings. The van der Waals surface area contributed by atoms with Crippen molar-refractivity contribution in [3.63, 3.8) is 0 Å². The van der Waals surface area contributed by atoms with Crippen LogP contribution in [0.2, 0.25) is 0 Å². The molecule has 1 amide bonds. The maximum atomic E-state index is 12.4. The second-order valence-corrected chi connectivity index (χ2v) is 6.78. The van der Waals surface area contributed by atoms with Gasteiger partial charge >= 0.3 is 11.9 Å². The van der Waals surface area contributed by atoms with Gasteiger partial charge in [-0.05, 0) is 51.8 Å². The van der Waals surface area contributed by atoms with Crippen molar-refractivity contribution in [1.82, 2.24) is 4.57 Å². The number of carbonyl (C=O) groups excluding carboxylic acids is 3. The van der Waals surface area contributed by atoms with Crippen molar-refractivity contribution in [3.8, 4) is 0 Å². The molecule has 1 aromatic carbocycles. The van der Waals surface area contributed by atoms with E-state index in [-0.39, 0.29) is 12.2 Å². The first-order valence-corrected chi connectivity index (χ1v) is 9.34. The highest BCUT2D eigenvalue weighted by atomic mass is 16.5. The molecule has 7 nitrogen and oxygen atoms in total. The fourth-order valence-electron chi connectivity index (χ4n) is 3.25. The second-order valence-electron chi connectivity index (χ2n) is 6.78. The number of hydrogen-bond donors (Lipinski definition) is 1. The van der Waals surface area contributed by atoms with Gasteiger partial charge in [-0.2, -0.15) is 0 Å². The predicted octanol–water partition coefficient (Wildman–Crippen LogP) is 3.41. The summed E-state index contributed by atoms with van der Waals surface area (Å²) in [7, 11) is 0. The van der Waals surface area contributed by atoms with Gasteiger partial charge in [-0.15, -0.1) is 0 Å². The average Bonchev–Trinajstić information content (AvgIpc) is 3.45. The summed E-state index contributed by atoms with van der Waals surface area (Å²) < 4.78 is 12.3. The molecule has 1 saturated carbocycles. The topological polar surface area (TPSA) is 86.6 Å². The van der Waals surface area contributed by atoms with Crippen LogP contribution in [0.5, 0.6) is 0 Å². The number of esters is 2. The Morgan fingerprint density at radius 1 is 1.07 bits per heavy atom. The van der Waals surface area contributed by atoms with E-state index in [9.17, 15) is 14.4 Å². The van der Waals surface area contributed by atoms with Crippen LogP contribution in [-0.2, 0) is 14.3 Å². The molecule has 1 aromatic heterocycles. The summed E-state index contributed by atoms with van der Waals surface area (Å²) >= 11 is 0. The van der Waals surface area contributed by atoms with Crippen LogP contribution >= 0.6 is 0 Å². The number of hydrogen-bond acceptors (Lipinski definition) is 5. The van der Waals surface area contributed by atoms with Crippen molar-refractivity contribution in [2.45, 2.75) is 39.7 Å². The molecule has 0 atom stereocenters. The Kier molecular flexibility index (Phi) is 5.82. The Morgan fingerprint density at radius 3 is 2.43 bits per heavy atom. The molecule has 28 heavy (non-hydrogen) atoms. The van der Waals surface area contributed by atoms with Gasteiger partial charge in [0, 0.05) is 17.4 Å². The Bertz CT molecular complexity index is 912. The zero-order chi connectivity index (χ0) is 20.3. The van der Waals surface area contributed by atoms with E-state index in [4.69, 9.17) is 9.47 Å². The van der Waals surface area contributed by atoms with Crippen LogP contribution in [0.15, 0.2) is 30.3 Å². The zero-order valence-electron chi connectivity index (χ0n) is 16.3. The molecule has 1 heterocycles. The van der Waals surface area contributed by atoms with Crippen molar-refractivity contribution in [3.05, 3.63) is 52.8 Å². The third-order valence-electron chi connectivity index (χ3n) is 4.65. The molecular formula is C21H24N2O5. The second kappa shape index (κ2) is 8.29. The summed E-state index contributed by atoms with van der Waals surface area (Å²) in [5, 5.41) is 2.59. The first kappa shape index (κ1) is 19.7. The molecule has 0 bridgehead atoms. The highest BCUT2D eigenvalue weighted by Gasteiger charge is 2.29. The quantitative estimate of drug-likeness (QED) is 0.739. The van der Waals surface area contributed by atoms with E-state index in [1.165, 1.54) is 0 Å². The summed E-state index contributed by atoms with van der Waals surface area (Å²) in [6.07, 6.45) is 2.24. The van der Waals surface area contributed by atoms with Crippen LogP contribution in [-0.4, -0.2) is 35.6 Å². The van der Waals surface area contributed by atoms with Gasteiger partial charge in [0.15, 0.2) is 6.61 Å². The third kappa shape index (κ3) is 4.24. The lowest BCUT2D eigenvalue weighted by Gasteiger charge is -2.11. The Hall–Kier alpha value is -3.09.